The third-order valence-electron chi connectivity index (χ3n) is 7.33. The number of anilines is 1. The molecule has 4 aromatic rings. The Morgan fingerprint density at radius 3 is 2.13 bits per heavy atom. The van der Waals surface area contributed by atoms with Crippen molar-refractivity contribution in [2.24, 2.45) is 0 Å². The van der Waals surface area contributed by atoms with E-state index in [2.05, 4.69) is 21.2 Å². The van der Waals surface area contributed by atoms with Crippen molar-refractivity contribution in [3.05, 3.63) is 119 Å². The molecule has 0 aliphatic carbocycles. The van der Waals surface area contributed by atoms with E-state index < -0.39 is 28.5 Å². The Morgan fingerprint density at radius 1 is 0.872 bits per heavy atom. The van der Waals surface area contributed by atoms with Crippen LogP contribution in [0.5, 0.6) is 5.75 Å². The Balaban J connectivity index is 1.84. The van der Waals surface area contributed by atoms with Crippen molar-refractivity contribution in [2.45, 2.75) is 55.6 Å². The Hall–Kier alpha value is -3.80. The van der Waals surface area contributed by atoms with Gasteiger partial charge in [0.05, 0.1) is 17.2 Å². The molecule has 0 radical (unpaired) electrons. The van der Waals surface area contributed by atoms with E-state index in [0.29, 0.717) is 12.4 Å². The van der Waals surface area contributed by atoms with Crippen molar-refractivity contribution in [3.8, 4) is 5.75 Å². The number of rotatable bonds is 15. The van der Waals surface area contributed by atoms with Crippen molar-refractivity contribution < 1.29 is 22.7 Å². The molecule has 248 valence electrons. The molecule has 47 heavy (non-hydrogen) atoms. The number of para-hydroxylation sites is 2. The summed E-state index contributed by atoms with van der Waals surface area (Å²) >= 11 is 4.96. The SMILES string of the molecule is CCOc1ccccc1N(CC(=O)N(Cc1ccc(Br)cc1)[C@H](Cc1ccccc1)C(=O)NC(C)C)S(=O)(=O)c1ccc(SC)cc1. The van der Waals surface area contributed by atoms with Gasteiger partial charge in [-0.25, -0.2) is 8.42 Å². The Bertz CT molecular complexity index is 1730. The van der Waals surface area contributed by atoms with Crippen LogP contribution in [0.3, 0.4) is 0 Å². The van der Waals surface area contributed by atoms with Crippen LogP contribution in [0.2, 0.25) is 0 Å². The van der Waals surface area contributed by atoms with Crippen molar-refractivity contribution in [3.63, 3.8) is 0 Å². The van der Waals surface area contributed by atoms with Crippen LogP contribution < -0.4 is 14.4 Å². The molecular formula is C36H40BrN3O5S2. The van der Waals surface area contributed by atoms with E-state index in [9.17, 15) is 18.0 Å². The van der Waals surface area contributed by atoms with Gasteiger partial charge in [-0.15, -0.1) is 11.8 Å². The van der Waals surface area contributed by atoms with Crippen molar-refractivity contribution in [1.82, 2.24) is 10.2 Å². The molecule has 0 aliphatic heterocycles. The first-order chi connectivity index (χ1) is 22.5. The largest absolute Gasteiger partial charge is 0.492 e. The number of nitrogens with one attached hydrogen (secondary N) is 1. The average Bonchev–Trinajstić information content (AvgIpc) is 3.06. The second-order valence-electron chi connectivity index (χ2n) is 11.1. The molecule has 2 amide bonds. The molecule has 1 atom stereocenters. The van der Waals surface area contributed by atoms with Crippen LogP contribution in [0.25, 0.3) is 0 Å². The van der Waals surface area contributed by atoms with Gasteiger partial charge in [0.1, 0.15) is 18.3 Å². The molecular weight excluding hydrogens is 698 g/mol. The van der Waals surface area contributed by atoms with Gasteiger partial charge in [-0.3, -0.25) is 13.9 Å². The van der Waals surface area contributed by atoms with Gasteiger partial charge >= 0.3 is 0 Å². The second kappa shape index (κ2) is 16.9. The number of nitrogens with zero attached hydrogens (tertiary/aromatic N) is 2. The molecule has 4 aromatic carbocycles. The fraction of sp³-hybridized carbons (Fsp3) is 0.278. The van der Waals surface area contributed by atoms with E-state index in [-0.39, 0.29) is 35.5 Å². The molecule has 11 heteroatoms. The summed E-state index contributed by atoms with van der Waals surface area (Å²) in [7, 11) is -4.26. The highest BCUT2D eigenvalue weighted by molar-refractivity contribution is 9.10. The van der Waals surface area contributed by atoms with Crippen molar-refractivity contribution in [2.75, 3.05) is 23.7 Å². The number of hydrogen-bond acceptors (Lipinski definition) is 6. The van der Waals surface area contributed by atoms with E-state index in [0.717, 1.165) is 24.8 Å². The number of hydrogen-bond donors (Lipinski definition) is 1. The molecule has 0 bridgehead atoms. The fourth-order valence-electron chi connectivity index (χ4n) is 5.05. The summed E-state index contributed by atoms with van der Waals surface area (Å²) in [6.07, 6.45) is 2.15. The lowest BCUT2D eigenvalue weighted by Crippen LogP contribution is -2.54. The summed E-state index contributed by atoms with van der Waals surface area (Å²) in [6.45, 7) is 5.35. The van der Waals surface area contributed by atoms with Crippen molar-refractivity contribution >= 4 is 55.2 Å². The summed E-state index contributed by atoms with van der Waals surface area (Å²) in [4.78, 5) is 30.9. The topological polar surface area (TPSA) is 96.0 Å². The zero-order valence-corrected chi connectivity index (χ0v) is 30.1. The average molecular weight is 739 g/mol. The zero-order chi connectivity index (χ0) is 34.0. The van der Waals surface area contributed by atoms with E-state index in [1.807, 2.05) is 81.6 Å². The van der Waals surface area contributed by atoms with Crippen LogP contribution in [0, 0.1) is 0 Å². The van der Waals surface area contributed by atoms with Crippen LogP contribution in [0.1, 0.15) is 31.9 Å². The van der Waals surface area contributed by atoms with Gasteiger partial charge in [-0.1, -0.05) is 70.5 Å². The van der Waals surface area contributed by atoms with Gasteiger partial charge in [0.15, 0.2) is 0 Å². The number of ether oxygens (including phenoxy) is 1. The van der Waals surface area contributed by atoms with Gasteiger partial charge < -0.3 is 15.0 Å². The van der Waals surface area contributed by atoms with E-state index in [1.165, 1.54) is 28.8 Å². The highest BCUT2D eigenvalue weighted by atomic mass is 79.9. The molecule has 0 spiro atoms. The number of halogens is 1. The predicted octanol–water partition coefficient (Wildman–Crippen LogP) is 6.93. The van der Waals surface area contributed by atoms with E-state index in [1.54, 1.807) is 36.4 Å². The summed E-state index contributed by atoms with van der Waals surface area (Å²) < 4.78 is 36.6. The number of carbonyl (C=O) groups is 2. The first-order valence-corrected chi connectivity index (χ1v) is 18.8. The summed E-state index contributed by atoms with van der Waals surface area (Å²) in [5.74, 6) is -0.542. The molecule has 0 fully saturated rings. The number of thioether (sulfide) groups is 1. The fourth-order valence-corrected chi connectivity index (χ4v) is 7.15. The van der Waals surface area contributed by atoms with Crippen LogP contribution in [0.4, 0.5) is 5.69 Å². The molecule has 0 aromatic heterocycles. The summed E-state index contributed by atoms with van der Waals surface area (Å²) in [5, 5.41) is 2.98. The van der Waals surface area contributed by atoms with Crippen LogP contribution in [0.15, 0.2) is 117 Å². The van der Waals surface area contributed by atoms with Crippen molar-refractivity contribution in [1.29, 1.82) is 0 Å². The smallest absolute Gasteiger partial charge is 0.264 e. The highest BCUT2D eigenvalue weighted by Gasteiger charge is 2.35. The summed E-state index contributed by atoms with van der Waals surface area (Å²) in [6, 6.07) is 29.1. The minimum absolute atomic E-state index is 0.0345. The first kappa shape index (κ1) is 36.0. The first-order valence-electron chi connectivity index (χ1n) is 15.3. The summed E-state index contributed by atoms with van der Waals surface area (Å²) in [5.41, 5.74) is 1.88. The number of sulfonamides is 1. The molecule has 0 heterocycles. The van der Waals surface area contributed by atoms with Gasteiger partial charge in [-0.2, -0.15) is 0 Å². The van der Waals surface area contributed by atoms with E-state index in [4.69, 9.17) is 4.74 Å². The maximum absolute atomic E-state index is 14.7. The zero-order valence-electron chi connectivity index (χ0n) is 26.9. The standard InChI is InChI=1S/C36H40BrN3O5S2/c1-5-45-34-14-10-9-13-32(34)40(47(43,44)31-21-19-30(46-4)20-22-31)25-35(41)39(24-28-15-17-29(37)18-16-28)33(36(42)38-26(2)3)23-27-11-7-6-8-12-27/h6-22,26,33H,5,23-25H2,1-4H3,(H,38,42)/t33-/m1/s1. The Labute approximate surface area is 290 Å². The quantitative estimate of drug-likeness (QED) is 0.133. The third-order valence-corrected chi connectivity index (χ3v) is 10.4. The van der Waals surface area contributed by atoms with Gasteiger partial charge in [0.2, 0.25) is 11.8 Å². The number of benzene rings is 4. The second-order valence-corrected chi connectivity index (χ2v) is 14.8. The molecule has 8 nitrogen and oxygen atoms in total. The molecule has 1 N–H and O–H groups in total. The minimum Gasteiger partial charge on any atom is -0.492 e. The third kappa shape index (κ3) is 9.62. The predicted molar refractivity (Wildman–Crippen MR) is 192 cm³/mol. The number of amides is 2. The molecule has 4 rings (SSSR count). The van der Waals surface area contributed by atoms with Gasteiger partial charge in [-0.05, 0) is 86.7 Å². The highest BCUT2D eigenvalue weighted by Crippen LogP contribution is 2.33. The molecule has 0 unspecified atom stereocenters. The van der Waals surface area contributed by atoms with Crippen LogP contribution in [-0.2, 0) is 32.6 Å². The lowest BCUT2D eigenvalue weighted by molar-refractivity contribution is -0.140. The maximum atomic E-state index is 14.7. The normalized spacial score (nSPS) is 12.0. The Kier molecular flexibility index (Phi) is 12.9. The minimum atomic E-state index is -4.26. The molecule has 0 saturated carbocycles. The molecule has 0 saturated heterocycles. The lowest BCUT2D eigenvalue weighted by atomic mass is 10.0. The molecule has 0 aliphatic rings. The Morgan fingerprint density at radius 2 is 1.51 bits per heavy atom. The maximum Gasteiger partial charge on any atom is 0.264 e. The monoisotopic (exact) mass is 737 g/mol. The van der Waals surface area contributed by atoms with Crippen LogP contribution in [-0.4, -0.2) is 56.6 Å². The van der Waals surface area contributed by atoms with Gasteiger partial charge in [0, 0.05) is 28.4 Å². The van der Waals surface area contributed by atoms with Gasteiger partial charge in [0.25, 0.3) is 10.0 Å². The lowest BCUT2D eigenvalue weighted by Gasteiger charge is -2.34. The number of carbonyl (C=O) groups excluding carboxylic acids is 2. The van der Waals surface area contributed by atoms with Crippen LogP contribution >= 0.6 is 27.7 Å². The van der Waals surface area contributed by atoms with E-state index >= 15 is 0 Å².